The Morgan fingerprint density at radius 3 is 2.58 bits per heavy atom. The molecule has 0 spiro atoms. The standard InChI is InChI=1S/C12H20N4O3/c1-4-5-6-16(7-9(13)17)11-10(12(18)19)8(2)14-15(11)3/h4-7H2,1-3H3,(H2,13,17)(H,18,19). The van der Waals surface area contributed by atoms with E-state index >= 15 is 0 Å². The lowest BCUT2D eigenvalue weighted by Gasteiger charge is -2.23. The van der Waals surface area contributed by atoms with E-state index in [9.17, 15) is 14.7 Å². The Labute approximate surface area is 112 Å². The van der Waals surface area contributed by atoms with Crippen LogP contribution in [0.4, 0.5) is 5.82 Å². The summed E-state index contributed by atoms with van der Waals surface area (Å²) in [4.78, 5) is 24.1. The van der Waals surface area contributed by atoms with E-state index in [0.717, 1.165) is 12.8 Å². The van der Waals surface area contributed by atoms with E-state index in [1.165, 1.54) is 4.68 Å². The van der Waals surface area contributed by atoms with E-state index in [2.05, 4.69) is 5.10 Å². The van der Waals surface area contributed by atoms with Gasteiger partial charge in [0.25, 0.3) is 0 Å². The van der Waals surface area contributed by atoms with Gasteiger partial charge in [-0.2, -0.15) is 5.10 Å². The Bertz CT molecular complexity index is 482. The third-order valence-corrected chi connectivity index (χ3v) is 2.83. The van der Waals surface area contributed by atoms with Crippen molar-refractivity contribution in [2.45, 2.75) is 26.7 Å². The number of carbonyl (C=O) groups excluding carboxylic acids is 1. The zero-order valence-electron chi connectivity index (χ0n) is 11.5. The normalized spacial score (nSPS) is 10.5. The van der Waals surface area contributed by atoms with Crippen molar-refractivity contribution in [2.75, 3.05) is 18.0 Å². The van der Waals surface area contributed by atoms with Crippen molar-refractivity contribution >= 4 is 17.7 Å². The number of anilines is 1. The Hall–Kier alpha value is -2.05. The fourth-order valence-electron chi connectivity index (χ4n) is 2.06. The first-order valence-corrected chi connectivity index (χ1v) is 6.18. The van der Waals surface area contributed by atoms with Crippen LogP contribution >= 0.6 is 0 Å². The molecule has 0 bridgehead atoms. The molecule has 0 aromatic carbocycles. The van der Waals surface area contributed by atoms with Crippen LogP contribution < -0.4 is 10.6 Å². The molecule has 0 saturated carbocycles. The summed E-state index contributed by atoms with van der Waals surface area (Å²) in [5.74, 6) is -1.12. The fraction of sp³-hybridized carbons (Fsp3) is 0.583. The molecule has 106 valence electrons. The molecular weight excluding hydrogens is 248 g/mol. The summed E-state index contributed by atoms with van der Waals surface area (Å²) >= 11 is 0. The number of primary amides is 1. The monoisotopic (exact) mass is 268 g/mol. The summed E-state index contributed by atoms with van der Waals surface area (Å²) in [5, 5.41) is 13.4. The van der Waals surface area contributed by atoms with Crippen molar-refractivity contribution in [3.63, 3.8) is 0 Å². The number of hydrogen-bond acceptors (Lipinski definition) is 4. The molecule has 7 nitrogen and oxygen atoms in total. The third kappa shape index (κ3) is 3.46. The Balaban J connectivity index is 3.20. The van der Waals surface area contributed by atoms with E-state index < -0.39 is 11.9 Å². The molecule has 1 rings (SSSR count). The molecule has 0 unspecified atom stereocenters. The first-order chi connectivity index (χ1) is 8.88. The number of unbranched alkanes of at least 4 members (excludes halogenated alkanes) is 1. The van der Waals surface area contributed by atoms with Crippen LogP contribution in [0.15, 0.2) is 0 Å². The van der Waals surface area contributed by atoms with Crippen LogP contribution in [-0.2, 0) is 11.8 Å². The van der Waals surface area contributed by atoms with Gasteiger partial charge >= 0.3 is 5.97 Å². The molecule has 0 aliphatic carbocycles. The number of nitrogens with two attached hydrogens (primary N) is 1. The number of rotatable bonds is 7. The topological polar surface area (TPSA) is 101 Å². The summed E-state index contributed by atoms with van der Waals surface area (Å²) in [6.07, 6.45) is 1.78. The first kappa shape index (κ1) is 15.0. The summed E-state index contributed by atoms with van der Waals surface area (Å²) in [7, 11) is 1.66. The summed E-state index contributed by atoms with van der Waals surface area (Å²) in [6.45, 7) is 4.21. The number of hydrogen-bond donors (Lipinski definition) is 2. The summed E-state index contributed by atoms with van der Waals surface area (Å²) < 4.78 is 1.48. The summed E-state index contributed by atoms with van der Waals surface area (Å²) in [6, 6.07) is 0. The minimum Gasteiger partial charge on any atom is -0.477 e. The molecule has 0 saturated heterocycles. The van der Waals surface area contributed by atoms with Crippen LogP contribution in [0.5, 0.6) is 0 Å². The maximum Gasteiger partial charge on any atom is 0.341 e. The second kappa shape index (κ2) is 6.21. The van der Waals surface area contributed by atoms with Crippen LogP contribution in [0.25, 0.3) is 0 Å². The lowest BCUT2D eigenvalue weighted by atomic mass is 10.2. The van der Waals surface area contributed by atoms with Gasteiger partial charge < -0.3 is 15.7 Å². The van der Waals surface area contributed by atoms with Crippen LogP contribution in [-0.4, -0.2) is 39.9 Å². The fourth-order valence-corrected chi connectivity index (χ4v) is 2.06. The molecule has 19 heavy (non-hydrogen) atoms. The highest BCUT2D eigenvalue weighted by Crippen LogP contribution is 2.23. The van der Waals surface area contributed by atoms with Crippen molar-refractivity contribution in [1.82, 2.24) is 9.78 Å². The average Bonchev–Trinajstić information content (AvgIpc) is 2.59. The quantitative estimate of drug-likeness (QED) is 0.750. The van der Waals surface area contributed by atoms with Crippen LogP contribution in [0, 0.1) is 6.92 Å². The van der Waals surface area contributed by atoms with Gasteiger partial charge in [-0.3, -0.25) is 9.48 Å². The Morgan fingerprint density at radius 2 is 2.11 bits per heavy atom. The average molecular weight is 268 g/mol. The first-order valence-electron chi connectivity index (χ1n) is 6.18. The highest BCUT2D eigenvalue weighted by atomic mass is 16.4. The molecule has 0 aliphatic rings. The number of carboxylic acids is 1. The number of aromatic carboxylic acids is 1. The molecule has 0 aliphatic heterocycles. The maximum absolute atomic E-state index is 11.3. The minimum atomic E-state index is -1.05. The van der Waals surface area contributed by atoms with Gasteiger partial charge in [-0.05, 0) is 13.3 Å². The number of carboxylic acid groups (broad SMARTS) is 1. The molecule has 1 heterocycles. The van der Waals surface area contributed by atoms with E-state index in [-0.39, 0.29) is 12.1 Å². The van der Waals surface area contributed by atoms with Gasteiger partial charge in [0.1, 0.15) is 11.4 Å². The van der Waals surface area contributed by atoms with Crippen molar-refractivity contribution in [3.8, 4) is 0 Å². The van der Waals surface area contributed by atoms with E-state index in [1.807, 2.05) is 6.92 Å². The SMILES string of the molecule is CCCCN(CC(N)=O)c1c(C(=O)O)c(C)nn1C. The van der Waals surface area contributed by atoms with E-state index in [1.54, 1.807) is 18.9 Å². The van der Waals surface area contributed by atoms with Crippen LogP contribution in [0.1, 0.15) is 35.8 Å². The predicted molar refractivity (Wildman–Crippen MR) is 71.2 cm³/mol. The Morgan fingerprint density at radius 1 is 1.47 bits per heavy atom. The smallest absolute Gasteiger partial charge is 0.341 e. The van der Waals surface area contributed by atoms with Crippen molar-refractivity contribution in [1.29, 1.82) is 0 Å². The zero-order valence-corrected chi connectivity index (χ0v) is 11.5. The van der Waals surface area contributed by atoms with Gasteiger partial charge in [0.05, 0.1) is 12.2 Å². The maximum atomic E-state index is 11.3. The van der Waals surface area contributed by atoms with E-state index in [4.69, 9.17) is 5.73 Å². The molecule has 1 aromatic heterocycles. The minimum absolute atomic E-state index is 0.0146. The number of amides is 1. The molecule has 0 radical (unpaired) electrons. The highest BCUT2D eigenvalue weighted by molar-refractivity contribution is 5.95. The predicted octanol–water partition coefficient (Wildman–Crippen LogP) is 0.519. The molecule has 7 heteroatoms. The molecule has 0 atom stereocenters. The van der Waals surface area contributed by atoms with Gasteiger partial charge in [-0.15, -0.1) is 0 Å². The molecule has 1 aromatic rings. The van der Waals surface area contributed by atoms with Gasteiger partial charge in [-0.1, -0.05) is 13.3 Å². The van der Waals surface area contributed by atoms with Gasteiger partial charge in [-0.25, -0.2) is 4.79 Å². The second-order valence-electron chi connectivity index (χ2n) is 4.45. The van der Waals surface area contributed by atoms with E-state index in [0.29, 0.717) is 18.1 Å². The number of aromatic nitrogens is 2. The lowest BCUT2D eigenvalue weighted by molar-refractivity contribution is -0.116. The van der Waals surface area contributed by atoms with Gasteiger partial charge in [0.2, 0.25) is 5.91 Å². The summed E-state index contributed by atoms with van der Waals surface area (Å²) in [5.41, 5.74) is 5.78. The van der Waals surface area contributed by atoms with Crippen molar-refractivity contribution in [3.05, 3.63) is 11.3 Å². The largest absolute Gasteiger partial charge is 0.477 e. The number of nitrogens with zero attached hydrogens (tertiary/aromatic N) is 3. The molecular formula is C12H20N4O3. The zero-order chi connectivity index (χ0) is 14.6. The van der Waals surface area contributed by atoms with Crippen molar-refractivity contribution in [2.24, 2.45) is 12.8 Å². The van der Waals surface area contributed by atoms with Crippen molar-refractivity contribution < 1.29 is 14.7 Å². The lowest BCUT2D eigenvalue weighted by Crippen LogP contribution is -2.36. The molecule has 1 amide bonds. The Kier molecular flexibility index (Phi) is 4.91. The van der Waals surface area contributed by atoms with Crippen LogP contribution in [0.2, 0.25) is 0 Å². The number of carbonyl (C=O) groups is 2. The van der Waals surface area contributed by atoms with Gasteiger partial charge in [0.15, 0.2) is 0 Å². The van der Waals surface area contributed by atoms with Crippen LogP contribution in [0.3, 0.4) is 0 Å². The molecule has 0 fully saturated rings. The van der Waals surface area contributed by atoms with Gasteiger partial charge in [0, 0.05) is 13.6 Å². The third-order valence-electron chi connectivity index (χ3n) is 2.83. The highest BCUT2D eigenvalue weighted by Gasteiger charge is 2.24. The second-order valence-corrected chi connectivity index (χ2v) is 4.45. The molecule has 3 N–H and O–H groups in total. The number of aryl methyl sites for hydroxylation is 2.